The van der Waals surface area contributed by atoms with E-state index in [4.69, 9.17) is 4.74 Å². The molecule has 2 aromatic rings. The number of pyridine rings is 1. The maximum Gasteiger partial charge on any atom is 0.330 e. The Hall–Kier alpha value is -2.95. The van der Waals surface area contributed by atoms with E-state index in [2.05, 4.69) is 4.98 Å². The lowest BCUT2D eigenvalue weighted by molar-refractivity contribution is -0.137. The van der Waals surface area contributed by atoms with E-state index < -0.39 is 5.97 Å². The first kappa shape index (κ1) is 16.4. The monoisotopic (exact) mass is 310 g/mol. The van der Waals surface area contributed by atoms with Crippen molar-refractivity contribution in [3.63, 3.8) is 0 Å². The fourth-order valence-corrected chi connectivity index (χ4v) is 2.10. The molecule has 1 heterocycles. The Bertz CT molecular complexity index is 711. The van der Waals surface area contributed by atoms with Crippen molar-refractivity contribution >= 4 is 23.3 Å². The van der Waals surface area contributed by atoms with Gasteiger partial charge in [-0.1, -0.05) is 18.2 Å². The van der Waals surface area contributed by atoms with E-state index in [1.54, 1.807) is 31.5 Å². The Labute approximate surface area is 135 Å². The summed E-state index contributed by atoms with van der Waals surface area (Å²) in [5.41, 5.74) is 2.37. The molecule has 0 saturated carbocycles. The number of hydrogen-bond donors (Lipinski definition) is 0. The topological polar surface area (TPSA) is 59.5 Å². The molecule has 0 aliphatic heterocycles. The van der Waals surface area contributed by atoms with Crippen LogP contribution in [-0.4, -0.2) is 23.5 Å². The van der Waals surface area contributed by atoms with Gasteiger partial charge in [0.1, 0.15) is 0 Å². The number of esters is 1. The Morgan fingerprint density at radius 2 is 1.83 bits per heavy atom. The number of anilines is 2. The fraction of sp³-hybridized carbons (Fsp3) is 0.167. The number of aromatic nitrogens is 1. The Morgan fingerprint density at radius 3 is 2.48 bits per heavy atom. The summed E-state index contributed by atoms with van der Waals surface area (Å²) in [4.78, 5) is 29.5. The second-order valence-electron chi connectivity index (χ2n) is 4.75. The number of carbonyl (C=O) groups excluding carboxylic acids is 2. The van der Waals surface area contributed by atoms with Crippen LogP contribution in [0.4, 0.5) is 11.4 Å². The smallest absolute Gasteiger partial charge is 0.330 e. The van der Waals surface area contributed by atoms with Crippen molar-refractivity contribution in [2.75, 3.05) is 11.5 Å². The Kier molecular flexibility index (Phi) is 5.63. The van der Waals surface area contributed by atoms with Gasteiger partial charge in [-0.15, -0.1) is 0 Å². The zero-order valence-corrected chi connectivity index (χ0v) is 13.1. The van der Waals surface area contributed by atoms with Crippen LogP contribution >= 0.6 is 0 Å². The summed E-state index contributed by atoms with van der Waals surface area (Å²) in [6.45, 7) is 3.90. The summed E-state index contributed by atoms with van der Waals surface area (Å²) >= 11 is 0. The standard InChI is InChI=1S/C18H18N2O3/c1-3-23-18(22)9-8-17(21)20(15-10-12-19-13-11-15)16-7-5-4-6-14(16)2/h4-13H,3H2,1-2H3/b9-8+. The first-order chi connectivity index (χ1) is 11.1. The first-order valence-electron chi connectivity index (χ1n) is 7.28. The molecular weight excluding hydrogens is 292 g/mol. The van der Waals surface area contributed by atoms with Gasteiger partial charge in [0.2, 0.25) is 0 Å². The summed E-state index contributed by atoms with van der Waals surface area (Å²) in [5.74, 6) is -0.876. The number of carbonyl (C=O) groups is 2. The van der Waals surface area contributed by atoms with Gasteiger partial charge >= 0.3 is 5.97 Å². The van der Waals surface area contributed by atoms with Gasteiger partial charge in [-0.05, 0) is 37.6 Å². The van der Waals surface area contributed by atoms with Gasteiger partial charge in [0, 0.05) is 24.5 Å². The molecule has 0 atom stereocenters. The first-order valence-corrected chi connectivity index (χ1v) is 7.28. The van der Waals surface area contributed by atoms with Crippen LogP contribution < -0.4 is 4.90 Å². The average Bonchev–Trinajstić information content (AvgIpc) is 2.56. The molecule has 0 fully saturated rings. The van der Waals surface area contributed by atoms with E-state index in [-0.39, 0.29) is 12.5 Å². The molecule has 118 valence electrons. The molecule has 0 radical (unpaired) electrons. The second kappa shape index (κ2) is 7.89. The SMILES string of the molecule is CCOC(=O)/C=C/C(=O)N(c1ccncc1)c1ccccc1C. The zero-order chi connectivity index (χ0) is 16.7. The van der Waals surface area contributed by atoms with Crippen molar-refractivity contribution in [1.82, 2.24) is 4.98 Å². The fourth-order valence-electron chi connectivity index (χ4n) is 2.10. The molecular formula is C18H18N2O3. The van der Waals surface area contributed by atoms with E-state index in [0.717, 1.165) is 17.3 Å². The molecule has 0 N–H and O–H groups in total. The van der Waals surface area contributed by atoms with Crippen molar-refractivity contribution in [2.45, 2.75) is 13.8 Å². The highest BCUT2D eigenvalue weighted by Gasteiger charge is 2.17. The molecule has 23 heavy (non-hydrogen) atoms. The summed E-state index contributed by atoms with van der Waals surface area (Å²) in [5, 5.41) is 0. The molecule has 0 aliphatic carbocycles. The number of para-hydroxylation sites is 1. The number of rotatable bonds is 5. The third kappa shape index (κ3) is 4.26. The molecule has 1 amide bonds. The molecule has 0 aliphatic rings. The lowest BCUT2D eigenvalue weighted by atomic mass is 10.1. The van der Waals surface area contributed by atoms with Gasteiger partial charge in [0.15, 0.2) is 0 Å². The van der Waals surface area contributed by atoms with E-state index in [0.29, 0.717) is 5.69 Å². The third-order valence-electron chi connectivity index (χ3n) is 3.15. The molecule has 1 aromatic heterocycles. The van der Waals surface area contributed by atoms with E-state index in [1.165, 1.54) is 11.0 Å². The van der Waals surface area contributed by atoms with Crippen molar-refractivity contribution in [1.29, 1.82) is 0 Å². The quantitative estimate of drug-likeness (QED) is 0.628. The number of aryl methyl sites for hydroxylation is 1. The highest BCUT2D eigenvalue weighted by Crippen LogP contribution is 2.28. The number of nitrogens with zero attached hydrogens (tertiary/aromatic N) is 2. The predicted octanol–water partition coefficient (Wildman–Crippen LogP) is 3.17. The van der Waals surface area contributed by atoms with Crippen LogP contribution in [0.5, 0.6) is 0 Å². The van der Waals surface area contributed by atoms with Gasteiger partial charge in [-0.3, -0.25) is 14.7 Å². The maximum atomic E-state index is 12.6. The molecule has 5 heteroatoms. The van der Waals surface area contributed by atoms with Crippen molar-refractivity contribution in [2.24, 2.45) is 0 Å². The minimum absolute atomic E-state index is 0.267. The third-order valence-corrected chi connectivity index (χ3v) is 3.15. The molecule has 2 rings (SSSR count). The second-order valence-corrected chi connectivity index (χ2v) is 4.75. The van der Waals surface area contributed by atoms with Crippen LogP contribution in [0.3, 0.4) is 0 Å². The Balaban J connectivity index is 2.37. The number of ether oxygens (including phenoxy) is 1. The van der Waals surface area contributed by atoms with Crippen LogP contribution in [0.25, 0.3) is 0 Å². The molecule has 0 unspecified atom stereocenters. The Morgan fingerprint density at radius 1 is 1.13 bits per heavy atom. The zero-order valence-electron chi connectivity index (χ0n) is 13.1. The van der Waals surface area contributed by atoms with Crippen molar-refractivity contribution in [3.05, 3.63) is 66.5 Å². The number of benzene rings is 1. The van der Waals surface area contributed by atoms with Gasteiger partial charge < -0.3 is 4.74 Å². The summed E-state index contributed by atoms with van der Waals surface area (Å²) in [6.07, 6.45) is 5.58. The largest absolute Gasteiger partial charge is 0.463 e. The van der Waals surface area contributed by atoms with Gasteiger partial charge in [-0.2, -0.15) is 0 Å². The van der Waals surface area contributed by atoms with Crippen molar-refractivity contribution < 1.29 is 14.3 Å². The van der Waals surface area contributed by atoms with Crippen LogP contribution in [0.15, 0.2) is 60.9 Å². The van der Waals surface area contributed by atoms with Gasteiger partial charge in [0.25, 0.3) is 5.91 Å². The average molecular weight is 310 g/mol. The number of amides is 1. The highest BCUT2D eigenvalue weighted by atomic mass is 16.5. The van der Waals surface area contributed by atoms with Crippen LogP contribution in [0.2, 0.25) is 0 Å². The predicted molar refractivity (Wildman–Crippen MR) is 88.3 cm³/mol. The van der Waals surface area contributed by atoms with Crippen LogP contribution in [-0.2, 0) is 14.3 Å². The van der Waals surface area contributed by atoms with Crippen molar-refractivity contribution in [3.8, 4) is 0 Å². The van der Waals surface area contributed by atoms with Crippen LogP contribution in [0.1, 0.15) is 12.5 Å². The summed E-state index contributed by atoms with van der Waals surface area (Å²) < 4.78 is 4.80. The van der Waals surface area contributed by atoms with E-state index in [1.807, 2.05) is 31.2 Å². The minimum Gasteiger partial charge on any atom is -0.463 e. The maximum absolute atomic E-state index is 12.6. The minimum atomic E-state index is -0.541. The molecule has 0 bridgehead atoms. The molecule has 0 saturated heterocycles. The van der Waals surface area contributed by atoms with Gasteiger partial charge in [-0.25, -0.2) is 4.79 Å². The van der Waals surface area contributed by atoms with Gasteiger partial charge in [0.05, 0.1) is 18.0 Å². The summed E-state index contributed by atoms with van der Waals surface area (Å²) in [7, 11) is 0. The molecule has 5 nitrogen and oxygen atoms in total. The molecule has 1 aromatic carbocycles. The van der Waals surface area contributed by atoms with E-state index in [9.17, 15) is 9.59 Å². The lowest BCUT2D eigenvalue weighted by Gasteiger charge is -2.23. The van der Waals surface area contributed by atoms with E-state index >= 15 is 0 Å². The molecule has 0 spiro atoms. The normalized spacial score (nSPS) is 10.5. The highest BCUT2D eigenvalue weighted by molar-refractivity contribution is 6.09. The number of hydrogen-bond acceptors (Lipinski definition) is 4. The lowest BCUT2D eigenvalue weighted by Crippen LogP contribution is -2.25. The van der Waals surface area contributed by atoms with Crippen LogP contribution in [0, 0.1) is 6.92 Å². The summed E-state index contributed by atoms with van der Waals surface area (Å²) in [6, 6.07) is 11.0.